The van der Waals surface area contributed by atoms with E-state index in [-0.39, 0.29) is 23.3 Å². The summed E-state index contributed by atoms with van der Waals surface area (Å²) in [5, 5.41) is 13.0. The van der Waals surface area contributed by atoms with Crippen LogP contribution in [0, 0.1) is 0 Å². The van der Waals surface area contributed by atoms with Crippen LogP contribution < -0.4 is 5.32 Å². The number of Topliss-reactive ketones (excluding diaryl/α,β-unsaturated/α-hetero) is 1. The zero-order chi connectivity index (χ0) is 16.0. The number of allylic oxidation sites excluding steroid dienone is 1. The van der Waals surface area contributed by atoms with Gasteiger partial charge in [-0.3, -0.25) is 4.79 Å². The Morgan fingerprint density at radius 1 is 1.48 bits per heavy atom. The van der Waals surface area contributed by atoms with Crippen molar-refractivity contribution in [2.45, 2.75) is 18.9 Å². The number of carboxylic acid groups (broad SMARTS) is 1. The minimum absolute atomic E-state index is 0.00435. The Bertz CT molecular complexity index is 890. The molecule has 0 saturated heterocycles. The van der Waals surface area contributed by atoms with Crippen LogP contribution in [0.1, 0.15) is 18.4 Å². The van der Waals surface area contributed by atoms with Crippen LogP contribution >= 0.6 is 0 Å². The van der Waals surface area contributed by atoms with Gasteiger partial charge in [0.25, 0.3) is 0 Å². The molecule has 0 aromatic carbocycles. The number of aromatic nitrogens is 2. The summed E-state index contributed by atoms with van der Waals surface area (Å²) in [5.41, 5.74) is 1.06. The molecular formula is C16H13N3O4. The van der Waals surface area contributed by atoms with E-state index in [1.54, 1.807) is 18.5 Å². The molecular weight excluding hydrogens is 298 g/mol. The Morgan fingerprint density at radius 3 is 3.04 bits per heavy atom. The van der Waals surface area contributed by atoms with Crippen molar-refractivity contribution < 1.29 is 19.4 Å². The van der Waals surface area contributed by atoms with Crippen molar-refractivity contribution in [3.8, 4) is 0 Å². The van der Waals surface area contributed by atoms with Gasteiger partial charge < -0.3 is 20.1 Å². The van der Waals surface area contributed by atoms with Crippen LogP contribution in [-0.4, -0.2) is 32.9 Å². The smallest absolute Gasteiger partial charge is 0.345 e. The van der Waals surface area contributed by atoms with Gasteiger partial charge in [-0.1, -0.05) is 0 Å². The molecule has 2 aromatic rings. The first kappa shape index (κ1) is 13.6. The third-order valence-electron chi connectivity index (χ3n) is 3.79. The van der Waals surface area contributed by atoms with E-state index in [0.717, 1.165) is 18.2 Å². The lowest BCUT2D eigenvalue weighted by atomic mass is 10.1. The van der Waals surface area contributed by atoms with Gasteiger partial charge in [0.1, 0.15) is 5.65 Å². The summed E-state index contributed by atoms with van der Waals surface area (Å²) in [7, 11) is 0. The van der Waals surface area contributed by atoms with Crippen molar-refractivity contribution in [2.75, 3.05) is 0 Å². The summed E-state index contributed by atoms with van der Waals surface area (Å²) in [6.07, 6.45) is 6.79. The molecule has 23 heavy (non-hydrogen) atoms. The fraction of sp³-hybridized carbons (Fsp3) is 0.188. The number of carboxylic acids is 1. The topological polar surface area (TPSA) is 104 Å². The third-order valence-corrected chi connectivity index (χ3v) is 3.79. The number of aliphatic carboxylic acids is 1. The Hall–Kier alpha value is -3.09. The van der Waals surface area contributed by atoms with Crippen LogP contribution in [0.3, 0.4) is 0 Å². The maximum Gasteiger partial charge on any atom is 0.345 e. The minimum atomic E-state index is -1.29. The number of carbonyl (C=O) groups is 2. The second-order valence-electron chi connectivity index (χ2n) is 5.51. The largest absolute Gasteiger partial charge is 0.477 e. The molecule has 116 valence electrons. The summed E-state index contributed by atoms with van der Waals surface area (Å²) >= 11 is 0. The molecule has 2 aliphatic rings. The van der Waals surface area contributed by atoms with Gasteiger partial charge in [0, 0.05) is 29.4 Å². The molecule has 1 aliphatic heterocycles. The van der Waals surface area contributed by atoms with E-state index in [4.69, 9.17) is 4.74 Å². The van der Waals surface area contributed by atoms with Crippen molar-refractivity contribution in [3.05, 3.63) is 47.3 Å². The van der Waals surface area contributed by atoms with Crippen LogP contribution in [0.4, 0.5) is 0 Å². The molecule has 1 saturated carbocycles. The quantitative estimate of drug-likeness (QED) is 0.584. The molecule has 7 nitrogen and oxygen atoms in total. The van der Waals surface area contributed by atoms with E-state index in [2.05, 4.69) is 15.3 Å². The van der Waals surface area contributed by atoms with Gasteiger partial charge in [-0.05, 0) is 31.1 Å². The van der Waals surface area contributed by atoms with Crippen molar-refractivity contribution in [2.24, 2.45) is 0 Å². The highest BCUT2D eigenvalue weighted by Gasteiger charge is 2.38. The number of hydrogen-bond acceptors (Lipinski definition) is 5. The minimum Gasteiger partial charge on any atom is -0.477 e. The van der Waals surface area contributed by atoms with E-state index in [1.807, 2.05) is 6.07 Å². The highest BCUT2D eigenvalue weighted by molar-refractivity contribution is 6.26. The molecule has 0 unspecified atom stereocenters. The molecule has 0 atom stereocenters. The Labute approximate surface area is 130 Å². The SMILES string of the molecule is O=C(O)C1=C(NC2CC2)OC(=Cc2c[nH]c3ncccc23)C1=O. The number of nitrogens with one attached hydrogen (secondary N) is 2. The maximum absolute atomic E-state index is 12.3. The van der Waals surface area contributed by atoms with E-state index in [9.17, 15) is 14.7 Å². The second kappa shape index (κ2) is 4.98. The number of carbonyl (C=O) groups excluding carboxylic acids is 1. The first-order chi connectivity index (χ1) is 11.1. The molecule has 2 aromatic heterocycles. The van der Waals surface area contributed by atoms with Gasteiger partial charge in [-0.15, -0.1) is 0 Å². The number of pyridine rings is 1. The number of fused-ring (bicyclic) bond motifs is 1. The molecule has 0 spiro atoms. The predicted molar refractivity (Wildman–Crippen MR) is 81.0 cm³/mol. The molecule has 3 N–H and O–H groups in total. The van der Waals surface area contributed by atoms with Crippen LogP contribution in [-0.2, 0) is 14.3 Å². The summed E-state index contributed by atoms with van der Waals surface area (Å²) in [6, 6.07) is 3.83. The van der Waals surface area contributed by atoms with E-state index in [1.165, 1.54) is 6.08 Å². The zero-order valence-electron chi connectivity index (χ0n) is 12.0. The Morgan fingerprint density at radius 2 is 2.30 bits per heavy atom. The van der Waals surface area contributed by atoms with E-state index >= 15 is 0 Å². The lowest BCUT2D eigenvalue weighted by Gasteiger charge is -2.05. The normalized spacial score (nSPS) is 19.5. The number of ether oxygens (including phenoxy) is 1. The summed E-state index contributed by atoms with van der Waals surface area (Å²) in [6.45, 7) is 0. The molecule has 0 bridgehead atoms. The predicted octanol–water partition coefficient (Wildman–Crippen LogP) is 1.55. The van der Waals surface area contributed by atoms with Crippen molar-refractivity contribution in [1.82, 2.24) is 15.3 Å². The molecule has 3 heterocycles. The average Bonchev–Trinajstić information content (AvgIpc) is 3.16. The standard InChI is InChI=1S/C16H13N3O4/c20-13-11(6-8-7-18-14-10(8)2-1-5-17-14)23-15(12(13)16(21)22)19-9-3-4-9/h1-2,5-7,9,19H,3-4H2,(H,17,18)(H,21,22). The number of nitrogens with zero attached hydrogens (tertiary/aromatic N) is 1. The molecule has 1 fully saturated rings. The molecule has 7 heteroatoms. The van der Waals surface area contributed by atoms with Crippen molar-refractivity contribution in [3.63, 3.8) is 0 Å². The monoisotopic (exact) mass is 311 g/mol. The first-order valence-electron chi connectivity index (χ1n) is 7.24. The Kier molecular flexibility index (Phi) is 2.94. The molecule has 0 amide bonds. The van der Waals surface area contributed by atoms with Gasteiger partial charge in [-0.2, -0.15) is 0 Å². The van der Waals surface area contributed by atoms with Gasteiger partial charge in [-0.25, -0.2) is 9.78 Å². The van der Waals surface area contributed by atoms with Crippen LogP contribution in [0.2, 0.25) is 0 Å². The lowest BCUT2D eigenvalue weighted by Crippen LogP contribution is -2.19. The fourth-order valence-electron chi connectivity index (χ4n) is 2.48. The highest BCUT2D eigenvalue weighted by atomic mass is 16.5. The van der Waals surface area contributed by atoms with Gasteiger partial charge in [0.15, 0.2) is 11.3 Å². The van der Waals surface area contributed by atoms with Gasteiger partial charge in [0.2, 0.25) is 11.7 Å². The first-order valence-corrected chi connectivity index (χ1v) is 7.24. The average molecular weight is 311 g/mol. The molecule has 0 radical (unpaired) electrons. The Balaban J connectivity index is 1.70. The summed E-state index contributed by atoms with van der Waals surface area (Å²) < 4.78 is 5.49. The highest BCUT2D eigenvalue weighted by Crippen LogP contribution is 2.30. The summed E-state index contributed by atoms with van der Waals surface area (Å²) in [5.74, 6) is -1.88. The number of ketones is 1. The zero-order valence-corrected chi connectivity index (χ0v) is 12.0. The van der Waals surface area contributed by atoms with Gasteiger partial charge in [0.05, 0.1) is 0 Å². The van der Waals surface area contributed by atoms with Gasteiger partial charge >= 0.3 is 5.97 Å². The van der Waals surface area contributed by atoms with Crippen LogP contribution in [0.25, 0.3) is 17.1 Å². The second-order valence-corrected chi connectivity index (χ2v) is 5.51. The fourth-order valence-corrected chi connectivity index (χ4v) is 2.48. The van der Waals surface area contributed by atoms with E-state index < -0.39 is 11.8 Å². The van der Waals surface area contributed by atoms with Crippen molar-refractivity contribution in [1.29, 1.82) is 0 Å². The van der Waals surface area contributed by atoms with E-state index in [0.29, 0.717) is 11.2 Å². The maximum atomic E-state index is 12.3. The van der Waals surface area contributed by atoms with Crippen LogP contribution in [0.15, 0.2) is 41.7 Å². The third kappa shape index (κ3) is 2.36. The number of H-pyrrole nitrogens is 1. The lowest BCUT2D eigenvalue weighted by molar-refractivity contribution is -0.134. The molecule has 1 aliphatic carbocycles. The number of aromatic amines is 1. The molecule has 4 rings (SSSR count). The van der Waals surface area contributed by atoms with Crippen LogP contribution in [0.5, 0.6) is 0 Å². The number of rotatable bonds is 4. The van der Waals surface area contributed by atoms with Crippen molar-refractivity contribution >= 4 is 28.9 Å². The summed E-state index contributed by atoms with van der Waals surface area (Å²) in [4.78, 5) is 30.8. The number of hydrogen-bond donors (Lipinski definition) is 3.